The number of phenols is 1. The molecular weight excluding hydrogens is 416 g/mol. The molecule has 0 spiro atoms. The molecule has 0 fully saturated rings. The van der Waals surface area contributed by atoms with Gasteiger partial charge in [-0.25, -0.2) is 0 Å². The van der Waals surface area contributed by atoms with Crippen molar-refractivity contribution in [2.24, 2.45) is 0 Å². The summed E-state index contributed by atoms with van der Waals surface area (Å²) in [6.07, 6.45) is 10.7. The van der Waals surface area contributed by atoms with Crippen LogP contribution in [0.3, 0.4) is 0 Å². The molecule has 0 atom stereocenters. The van der Waals surface area contributed by atoms with E-state index in [9.17, 15) is 9.90 Å². The van der Waals surface area contributed by atoms with Gasteiger partial charge in [0.2, 0.25) is 0 Å². The Bertz CT molecular complexity index is 957. The summed E-state index contributed by atoms with van der Waals surface area (Å²) in [4.78, 5) is 13.9. The summed E-state index contributed by atoms with van der Waals surface area (Å²) in [6.45, 7) is 15.3. The minimum absolute atomic E-state index is 0.0112. The van der Waals surface area contributed by atoms with Crippen molar-refractivity contribution in [1.29, 1.82) is 0 Å². The molecule has 0 saturated heterocycles. The standard InChI is InChI=1S/C32H46O2/c1-8-22-15-17-27(23(9-2)10-3)26(21-22)16-19-30(34)32-28(24(11-4)12-5)18-20-29(33)31(32)25(13-6)14-7/h15-21,23-25,33H,8-14H2,1-7H3/b19-16-. The van der Waals surface area contributed by atoms with E-state index in [1.54, 1.807) is 12.1 Å². The van der Waals surface area contributed by atoms with Crippen molar-refractivity contribution in [3.63, 3.8) is 0 Å². The average Bonchev–Trinajstić information content (AvgIpc) is 2.86. The summed E-state index contributed by atoms with van der Waals surface area (Å²) in [5.74, 6) is 1.24. The van der Waals surface area contributed by atoms with Gasteiger partial charge < -0.3 is 5.11 Å². The molecule has 0 aliphatic carbocycles. The quantitative estimate of drug-likeness (QED) is 0.238. The second kappa shape index (κ2) is 13.5. The van der Waals surface area contributed by atoms with Gasteiger partial charge in [-0.2, -0.15) is 0 Å². The number of hydrogen-bond donors (Lipinski definition) is 1. The van der Waals surface area contributed by atoms with Gasteiger partial charge in [0.25, 0.3) is 0 Å². The van der Waals surface area contributed by atoms with Crippen LogP contribution in [0.15, 0.2) is 36.4 Å². The van der Waals surface area contributed by atoms with Crippen LogP contribution in [0.25, 0.3) is 6.08 Å². The van der Waals surface area contributed by atoms with Gasteiger partial charge in [0, 0.05) is 11.1 Å². The first kappa shape index (κ1) is 27.9. The summed E-state index contributed by atoms with van der Waals surface area (Å²) in [6, 6.07) is 10.5. The molecule has 2 aromatic rings. The second-order valence-corrected chi connectivity index (χ2v) is 9.52. The van der Waals surface area contributed by atoms with E-state index in [-0.39, 0.29) is 17.5 Å². The Balaban J connectivity index is 2.67. The van der Waals surface area contributed by atoms with Gasteiger partial charge in [-0.15, -0.1) is 0 Å². The first-order chi connectivity index (χ1) is 16.4. The van der Waals surface area contributed by atoms with E-state index in [4.69, 9.17) is 0 Å². The number of benzene rings is 2. The van der Waals surface area contributed by atoms with Crippen molar-refractivity contribution in [2.75, 3.05) is 0 Å². The van der Waals surface area contributed by atoms with Crippen LogP contribution in [-0.2, 0) is 6.42 Å². The average molecular weight is 463 g/mol. The molecule has 2 heteroatoms. The molecule has 0 bridgehead atoms. The largest absolute Gasteiger partial charge is 0.508 e. The lowest BCUT2D eigenvalue weighted by Gasteiger charge is -2.24. The van der Waals surface area contributed by atoms with E-state index >= 15 is 0 Å². The number of hydrogen-bond acceptors (Lipinski definition) is 2. The summed E-state index contributed by atoms with van der Waals surface area (Å²) in [5, 5.41) is 10.9. The SMILES string of the molecule is CCc1ccc(C(CC)CC)c(/C=C\C(=O)c2c(C(CC)CC)ccc(O)c2C(CC)CC)c1. The highest BCUT2D eigenvalue weighted by molar-refractivity contribution is 6.09. The molecule has 0 heterocycles. The molecule has 0 saturated carbocycles. The lowest BCUT2D eigenvalue weighted by atomic mass is 9.80. The molecule has 2 nitrogen and oxygen atoms in total. The third kappa shape index (κ3) is 6.20. The smallest absolute Gasteiger partial charge is 0.186 e. The molecule has 0 aliphatic rings. The Hall–Kier alpha value is -2.35. The van der Waals surface area contributed by atoms with Gasteiger partial charge in [0.05, 0.1) is 0 Å². The minimum Gasteiger partial charge on any atom is -0.508 e. The molecule has 2 rings (SSSR count). The fraction of sp³-hybridized carbons (Fsp3) is 0.531. The summed E-state index contributed by atoms with van der Waals surface area (Å²) >= 11 is 0. The van der Waals surface area contributed by atoms with Crippen LogP contribution in [0.1, 0.15) is 143 Å². The fourth-order valence-electron chi connectivity index (χ4n) is 5.42. The highest BCUT2D eigenvalue weighted by Gasteiger charge is 2.25. The van der Waals surface area contributed by atoms with Gasteiger partial charge >= 0.3 is 0 Å². The summed E-state index contributed by atoms with van der Waals surface area (Å²) < 4.78 is 0. The number of ketones is 1. The Morgan fingerprint density at radius 3 is 1.82 bits per heavy atom. The van der Waals surface area contributed by atoms with Crippen LogP contribution in [0.4, 0.5) is 0 Å². The van der Waals surface area contributed by atoms with Crippen LogP contribution in [0, 0.1) is 0 Å². The molecule has 0 unspecified atom stereocenters. The van der Waals surface area contributed by atoms with Crippen molar-refractivity contribution >= 4 is 11.9 Å². The van der Waals surface area contributed by atoms with Crippen molar-refractivity contribution in [1.82, 2.24) is 0 Å². The normalized spacial score (nSPS) is 11.9. The molecule has 0 amide bonds. The van der Waals surface area contributed by atoms with Crippen molar-refractivity contribution in [3.05, 3.63) is 69.8 Å². The highest BCUT2D eigenvalue weighted by Crippen LogP contribution is 2.40. The van der Waals surface area contributed by atoms with E-state index in [0.29, 0.717) is 11.8 Å². The maximum absolute atomic E-state index is 13.9. The molecule has 0 radical (unpaired) electrons. The molecule has 0 aromatic heterocycles. The van der Waals surface area contributed by atoms with Crippen molar-refractivity contribution in [3.8, 4) is 5.75 Å². The Morgan fingerprint density at radius 2 is 1.29 bits per heavy atom. The van der Waals surface area contributed by atoms with Crippen LogP contribution in [-0.4, -0.2) is 10.9 Å². The van der Waals surface area contributed by atoms with E-state index < -0.39 is 0 Å². The number of carbonyl (C=O) groups excluding carboxylic acids is 1. The predicted molar refractivity (Wildman–Crippen MR) is 147 cm³/mol. The summed E-state index contributed by atoms with van der Waals surface area (Å²) in [7, 11) is 0. The van der Waals surface area contributed by atoms with Crippen molar-refractivity contribution in [2.45, 2.75) is 111 Å². The third-order valence-corrected chi connectivity index (χ3v) is 7.72. The molecule has 1 N–H and O–H groups in total. The number of aryl methyl sites for hydroxylation is 1. The number of allylic oxidation sites excluding steroid dienone is 1. The highest BCUT2D eigenvalue weighted by atomic mass is 16.3. The monoisotopic (exact) mass is 462 g/mol. The molecule has 34 heavy (non-hydrogen) atoms. The van der Waals surface area contributed by atoms with Crippen LogP contribution < -0.4 is 0 Å². The molecule has 0 aliphatic heterocycles. The Morgan fingerprint density at radius 1 is 0.765 bits per heavy atom. The van der Waals surface area contributed by atoms with Crippen LogP contribution in [0.5, 0.6) is 5.75 Å². The molecule has 2 aromatic carbocycles. The number of phenolic OH excluding ortho intramolecular Hbond substituents is 1. The maximum atomic E-state index is 13.9. The van der Waals surface area contributed by atoms with Gasteiger partial charge in [-0.05, 0) is 97.1 Å². The Labute approximate surface area is 208 Å². The second-order valence-electron chi connectivity index (χ2n) is 9.52. The zero-order chi connectivity index (χ0) is 25.3. The zero-order valence-corrected chi connectivity index (χ0v) is 22.6. The summed E-state index contributed by atoms with van der Waals surface area (Å²) in [5.41, 5.74) is 6.41. The van der Waals surface area contributed by atoms with Gasteiger partial charge in [-0.1, -0.05) is 78.8 Å². The maximum Gasteiger partial charge on any atom is 0.186 e. The number of carbonyl (C=O) groups is 1. The van der Waals surface area contributed by atoms with E-state index in [2.05, 4.69) is 66.7 Å². The van der Waals surface area contributed by atoms with E-state index in [1.807, 2.05) is 12.1 Å². The minimum atomic E-state index is 0.0112. The van der Waals surface area contributed by atoms with Crippen LogP contribution in [0.2, 0.25) is 0 Å². The van der Waals surface area contributed by atoms with Gasteiger partial charge in [-0.3, -0.25) is 4.79 Å². The first-order valence-electron chi connectivity index (χ1n) is 13.6. The van der Waals surface area contributed by atoms with Gasteiger partial charge in [0.1, 0.15) is 5.75 Å². The molecule has 186 valence electrons. The first-order valence-corrected chi connectivity index (χ1v) is 13.6. The number of aromatic hydroxyl groups is 1. The van der Waals surface area contributed by atoms with Gasteiger partial charge in [0.15, 0.2) is 5.78 Å². The number of rotatable bonds is 13. The van der Waals surface area contributed by atoms with E-state index in [1.165, 1.54) is 11.1 Å². The lowest BCUT2D eigenvalue weighted by molar-refractivity contribution is 0.104. The lowest BCUT2D eigenvalue weighted by Crippen LogP contribution is -2.12. The van der Waals surface area contributed by atoms with E-state index in [0.717, 1.165) is 67.2 Å². The predicted octanol–water partition coefficient (Wildman–Crippen LogP) is 9.56. The molecular formula is C32H46O2. The van der Waals surface area contributed by atoms with Crippen molar-refractivity contribution < 1.29 is 9.90 Å². The zero-order valence-electron chi connectivity index (χ0n) is 22.6. The Kier molecular flexibility index (Phi) is 11.1. The topological polar surface area (TPSA) is 37.3 Å². The fourth-order valence-corrected chi connectivity index (χ4v) is 5.42. The van der Waals surface area contributed by atoms with Crippen LogP contribution >= 0.6 is 0 Å². The third-order valence-electron chi connectivity index (χ3n) is 7.72.